The second kappa shape index (κ2) is 8.03. The maximum Gasteiger partial charge on any atom is 0.335 e. The van der Waals surface area contributed by atoms with Crippen molar-refractivity contribution >= 4 is 29.4 Å². The predicted molar refractivity (Wildman–Crippen MR) is 140 cm³/mol. The lowest BCUT2D eigenvalue weighted by atomic mass is 9.34. The highest BCUT2D eigenvalue weighted by Crippen LogP contribution is 2.74. The molecule has 1 heterocycles. The molecule has 8 atom stereocenters. The number of aliphatic carboxylic acids is 1. The molecule has 7 rings (SSSR count). The molecule has 1 aromatic carbocycles. The Hall–Kier alpha value is -2.96. The largest absolute Gasteiger partial charge is 0.481 e. The second-order valence-corrected chi connectivity index (χ2v) is 13.4. The van der Waals surface area contributed by atoms with E-state index in [0.717, 1.165) is 25.7 Å². The van der Waals surface area contributed by atoms with Crippen LogP contribution >= 0.6 is 0 Å². The van der Waals surface area contributed by atoms with Crippen LogP contribution in [0.5, 0.6) is 0 Å². The van der Waals surface area contributed by atoms with Crippen LogP contribution in [0.25, 0.3) is 0 Å². The number of hydrogen-bond acceptors (Lipinski definition) is 4. The number of allylic oxidation sites excluding steroid dienone is 2. The molecular weight excluding hydrogens is 482 g/mol. The standard InChI is InChI=1S/C31H37NO6/c1-16(2)20-15-31-12-9-21-29(3,10-6-11-30(21,4)28(37)38)22(31)14-19(20)23-24(31)26(34)32(25(23)33)18-8-5-7-17(13-18)27(35)36/h5,7-8,13,15-16,19,21-24H,6,9-12,14H2,1-4H3,(H,35,36)(H,37,38)/t19-,21+,22-,23-,24+,29+,30-,31-/m0/s1. The fourth-order valence-corrected chi connectivity index (χ4v) is 9.99. The Bertz CT molecular complexity index is 1300. The molecule has 6 aliphatic rings. The molecule has 0 radical (unpaired) electrons. The van der Waals surface area contributed by atoms with Crippen molar-refractivity contribution in [1.82, 2.24) is 0 Å². The monoisotopic (exact) mass is 519 g/mol. The van der Waals surface area contributed by atoms with E-state index in [4.69, 9.17) is 0 Å². The van der Waals surface area contributed by atoms with Gasteiger partial charge in [0.2, 0.25) is 11.8 Å². The van der Waals surface area contributed by atoms with Crippen molar-refractivity contribution in [2.24, 2.45) is 51.8 Å². The maximum atomic E-state index is 14.3. The van der Waals surface area contributed by atoms with Gasteiger partial charge in [-0.1, -0.05) is 44.9 Å². The lowest BCUT2D eigenvalue weighted by Crippen LogP contribution is -2.65. The molecule has 7 nitrogen and oxygen atoms in total. The van der Waals surface area contributed by atoms with Crippen LogP contribution in [0.3, 0.4) is 0 Å². The third-order valence-corrected chi connectivity index (χ3v) is 11.5. The summed E-state index contributed by atoms with van der Waals surface area (Å²) in [5.74, 6) is -2.89. The van der Waals surface area contributed by atoms with E-state index in [1.807, 2.05) is 6.92 Å². The van der Waals surface area contributed by atoms with Crippen molar-refractivity contribution in [3.05, 3.63) is 41.5 Å². The van der Waals surface area contributed by atoms with Crippen molar-refractivity contribution in [1.29, 1.82) is 0 Å². The molecule has 5 aliphatic carbocycles. The second-order valence-electron chi connectivity index (χ2n) is 13.4. The average Bonchev–Trinajstić information content (AvgIpc) is 3.15. The summed E-state index contributed by atoms with van der Waals surface area (Å²) < 4.78 is 0. The van der Waals surface area contributed by atoms with Gasteiger partial charge < -0.3 is 10.2 Å². The topological polar surface area (TPSA) is 112 Å². The summed E-state index contributed by atoms with van der Waals surface area (Å²) in [4.78, 5) is 53.8. The van der Waals surface area contributed by atoms with Gasteiger partial charge in [-0.25, -0.2) is 9.69 Å². The minimum Gasteiger partial charge on any atom is -0.481 e. The first-order valence-electron chi connectivity index (χ1n) is 14.0. The minimum atomic E-state index is -1.10. The Morgan fingerprint density at radius 2 is 1.76 bits per heavy atom. The number of rotatable bonds is 4. The number of amides is 2. The summed E-state index contributed by atoms with van der Waals surface area (Å²) in [6.07, 6.45) is 7.05. The molecule has 0 aromatic heterocycles. The Morgan fingerprint density at radius 1 is 1.03 bits per heavy atom. The van der Waals surface area contributed by atoms with Gasteiger partial charge in [0.25, 0.3) is 0 Å². The first kappa shape index (κ1) is 25.3. The van der Waals surface area contributed by atoms with Gasteiger partial charge in [0.05, 0.1) is 28.5 Å². The van der Waals surface area contributed by atoms with Crippen molar-refractivity contribution in [3.63, 3.8) is 0 Å². The molecule has 1 saturated heterocycles. The number of fused-ring (bicyclic) bond motifs is 1. The van der Waals surface area contributed by atoms with Crippen molar-refractivity contribution in [2.75, 3.05) is 4.90 Å². The fourth-order valence-electron chi connectivity index (χ4n) is 9.99. The number of aromatic carboxylic acids is 1. The Kier molecular flexibility index (Phi) is 5.35. The molecule has 1 aromatic rings. The van der Waals surface area contributed by atoms with E-state index in [0.29, 0.717) is 18.5 Å². The van der Waals surface area contributed by atoms with Crippen molar-refractivity contribution in [2.45, 2.75) is 66.2 Å². The molecule has 202 valence electrons. The van der Waals surface area contributed by atoms with E-state index in [-0.39, 0.29) is 46.5 Å². The Labute approximate surface area is 223 Å². The molecule has 1 aliphatic heterocycles. The Balaban J connectivity index is 1.48. The zero-order valence-corrected chi connectivity index (χ0v) is 22.6. The molecule has 2 bridgehead atoms. The van der Waals surface area contributed by atoms with Gasteiger partial charge in [-0.15, -0.1) is 0 Å². The molecular formula is C31H37NO6. The third-order valence-electron chi connectivity index (χ3n) is 11.5. The van der Waals surface area contributed by atoms with Gasteiger partial charge in [0, 0.05) is 5.41 Å². The molecule has 3 saturated carbocycles. The van der Waals surface area contributed by atoms with Crippen LogP contribution in [-0.4, -0.2) is 34.0 Å². The summed E-state index contributed by atoms with van der Waals surface area (Å²) in [7, 11) is 0. The van der Waals surface area contributed by atoms with E-state index < -0.39 is 34.6 Å². The first-order valence-corrected chi connectivity index (χ1v) is 14.0. The predicted octanol–water partition coefficient (Wildman–Crippen LogP) is 5.40. The highest BCUT2D eigenvalue weighted by molar-refractivity contribution is 6.23. The lowest BCUT2D eigenvalue weighted by Gasteiger charge is -2.68. The summed E-state index contributed by atoms with van der Waals surface area (Å²) in [6, 6.07) is 6.10. The maximum absolute atomic E-state index is 14.3. The van der Waals surface area contributed by atoms with Gasteiger partial charge >= 0.3 is 11.9 Å². The number of imide groups is 1. The van der Waals surface area contributed by atoms with Crippen LogP contribution in [0.4, 0.5) is 5.69 Å². The van der Waals surface area contributed by atoms with Crippen LogP contribution in [0, 0.1) is 51.8 Å². The summed E-state index contributed by atoms with van der Waals surface area (Å²) in [5.41, 5.74) is 0.112. The van der Waals surface area contributed by atoms with Gasteiger partial charge in [-0.2, -0.15) is 0 Å². The van der Waals surface area contributed by atoms with Crippen LogP contribution in [0.15, 0.2) is 35.9 Å². The van der Waals surface area contributed by atoms with Crippen LogP contribution in [0.1, 0.15) is 76.6 Å². The highest BCUT2D eigenvalue weighted by atomic mass is 16.4. The number of carbonyl (C=O) groups excluding carboxylic acids is 2. The first-order chi connectivity index (χ1) is 17.9. The van der Waals surface area contributed by atoms with Gasteiger partial charge in [-0.3, -0.25) is 14.4 Å². The van der Waals surface area contributed by atoms with Crippen LogP contribution in [0.2, 0.25) is 0 Å². The molecule has 2 N–H and O–H groups in total. The number of carbonyl (C=O) groups is 4. The van der Waals surface area contributed by atoms with Crippen molar-refractivity contribution < 1.29 is 29.4 Å². The SMILES string of the molecule is CC(C)C1=C[C@@]23CC[C@@H]4[C@@](C)(CCC[C@]4(C)C(=O)O)[C@@H]2C[C@@H]1[C@@H]1C(=O)N(c2cccc(C(=O)O)c2)C(=O)[C@@H]13. The molecule has 2 amide bonds. The number of benzene rings is 1. The molecule has 0 unspecified atom stereocenters. The molecule has 38 heavy (non-hydrogen) atoms. The number of anilines is 1. The van der Waals surface area contributed by atoms with Gasteiger partial charge in [-0.05, 0) is 86.3 Å². The van der Waals surface area contributed by atoms with E-state index in [1.165, 1.54) is 22.6 Å². The molecule has 1 spiro atoms. The number of hydrogen-bond donors (Lipinski definition) is 2. The Morgan fingerprint density at radius 3 is 2.42 bits per heavy atom. The number of carboxylic acids is 2. The minimum absolute atomic E-state index is 0.0288. The zero-order valence-electron chi connectivity index (χ0n) is 22.6. The van der Waals surface area contributed by atoms with E-state index in [9.17, 15) is 29.4 Å². The lowest BCUT2D eigenvalue weighted by molar-refractivity contribution is -0.194. The fraction of sp³-hybridized carbons (Fsp3) is 0.613. The molecule has 7 heteroatoms. The van der Waals surface area contributed by atoms with Gasteiger partial charge in [0.15, 0.2) is 0 Å². The van der Waals surface area contributed by atoms with Gasteiger partial charge in [0.1, 0.15) is 0 Å². The summed E-state index contributed by atoms with van der Waals surface area (Å²) >= 11 is 0. The van der Waals surface area contributed by atoms with Crippen LogP contribution in [-0.2, 0) is 14.4 Å². The average molecular weight is 520 g/mol. The third kappa shape index (κ3) is 3.02. The number of nitrogens with zero attached hydrogens (tertiary/aromatic N) is 1. The number of carboxylic acid groups (broad SMARTS) is 2. The van der Waals surface area contributed by atoms with Crippen LogP contribution < -0.4 is 4.90 Å². The van der Waals surface area contributed by atoms with E-state index in [1.54, 1.807) is 12.1 Å². The zero-order chi connectivity index (χ0) is 27.4. The van der Waals surface area contributed by atoms with E-state index >= 15 is 0 Å². The summed E-state index contributed by atoms with van der Waals surface area (Å²) in [6.45, 7) is 8.48. The van der Waals surface area contributed by atoms with Crippen molar-refractivity contribution in [3.8, 4) is 0 Å². The highest BCUT2D eigenvalue weighted by Gasteiger charge is 2.73. The van der Waals surface area contributed by atoms with E-state index in [2.05, 4.69) is 26.8 Å². The smallest absolute Gasteiger partial charge is 0.335 e. The quantitative estimate of drug-likeness (QED) is 0.407. The molecule has 4 fully saturated rings. The normalized spacial score (nSPS) is 41.4. The summed E-state index contributed by atoms with van der Waals surface area (Å²) in [5, 5.41) is 19.8.